The average molecular weight is 262 g/mol. The summed E-state index contributed by atoms with van der Waals surface area (Å²) in [5.41, 5.74) is 2.33. The first-order chi connectivity index (χ1) is 8.79. The maximum absolute atomic E-state index is 5.47. The molecule has 96 valence electrons. The number of nitrogens with zero attached hydrogens (tertiary/aromatic N) is 1. The van der Waals surface area contributed by atoms with Crippen LogP contribution >= 0.6 is 11.3 Å². The molecule has 0 saturated heterocycles. The van der Waals surface area contributed by atoms with Crippen molar-refractivity contribution in [3.05, 3.63) is 45.9 Å². The second-order valence-corrected chi connectivity index (χ2v) is 5.31. The summed E-state index contributed by atoms with van der Waals surface area (Å²) in [6, 6.07) is 8.25. The van der Waals surface area contributed by atoms with Gasteiger partial charge in [0.1, 0.15) is 0 Å². The molecule has 0 saturated carbocycles. The number of hydrogen-bond acceptors (Lipinski definition) is 4. The summed E-state index contributed by atoms with van der Waals surface area (Å²) >= 11 is 1.73. The summed E-state index contributed by atoms with van der Waals surface area (Å²) in [5, 5.41) is 4.55. The maximum atomic E-state index is 5.47. The van der Waals surface area contributed by atoms with Gasteiger partial charge < -0.3 is 10.1 Å². The molecule has 0 amide bonds. The zero-order chi connectivity index (χ0) is 12.8. The van der Waals surface area contributed by atoms with E-state index in [0.717, 1.165) is 23.8 Å². The van der Waals surface area contributed by atoms with Gasteiger partial charge in [0.2, 0.25) is 0 Å². The zero-order valence-electron chi connectivity index (χ0n) is 10.8. The van der Waals surface area contributed by atoms with E-state index in [4.69, 9.17) is 4.74 Å². The second kappa shape index (κ2) is 6.52. The van der Waals surface area contributed by atoms with Crippen molar-refractivity contribution < 1.29 is 4.74 Å². The van der Waals surface area contributed by atoms with Gasteiger partial charge in [0.05, 0.1) is 18.2 Å². The number of hydrogen-bond donors (Lipinski definition) is 1. The minimum absolute atomic E-state index is 0.654. The third kappa shape index (κ3) is 3.55. The Bertz CT molecular complexity index is 496. The summed E-state index contributed by atoms with van der Waals surface area (Å²) < 4.78 is 5.47. The van der Waals surface area contributed by atoms with Crippen LogP contribution in [0.25, 0.3) is 0 Å². The highest BCUT2D eigenvalue weighted by Gasteiger charge is 2.03. The Morgan fingerprint density at radius 3 is 2.89 bits per heavy atom. The van der Waals surface area contributed by atoms with Gasteiger partial charge in [-0.1, -0.05) is 18.2 Å². The van der Waals surface area contributed by atoms with Crippen LogP contribution in [0.4, 0.5) is 5.69 Å². The Labute approximate surface area is 112 Å². The Kier molecular flexibility index (Phi) is 4.73. The van der Waals surface area contributed by atoms with E-state index < -0.39 is 0 Å². The molecule has 2 rings (SSSR count). The summed E-state index contributed by atoms with van der Waals surface area (Å²) in [5.74, 6) is 0. The summed E-state index contributed by atoms with van der Waals surface area (Å²) in [4.78, 5) is 5.50. The standard InChI is InChI=1S/C14H18N2OS/c1-3-17-10-12-6-4-5-7-14(12)16-9-13-8-15-11(2)18-13/h4-8,16H,3,9-10H2,1-2H3. The topological polar surface area (TPSA) is 34.1 Å². The molecule has 0 atom stereocenters. The third-order valence-electron chi connectivity index (χ3n) is 2.60. The first-order valence-corrected chi connectivity index (χ1v) is 6.92. The van der Waals surface area contributed by atoms with Gasteiger partial charge in [-0.15, -0.1) is 11.3 Å². The number of nitrogens with one attached hydrogen (secondary N) is 1. The lowest BCUT2D eigenvalue weighted by atomic mass is 10.2. The van der Waals surface area contributed by atoms with Crippen molar-refractivity contribution in [3.63, 3.8) is 0 Å². The van der Waals surface area contributed by atoms with Crippen LogP contribution in [0, 0.1) is 6.92 Å². The second-order valence-electron chi connectivity index (χ2n) is 3.99. The van der Waals surface area contributed by atoms with Crippen LogP contribution in [-0.4, -0.2) is 11.6 Å². The fourth-order valence-corrected chi connectivity index (χ4v) is 2.43. The van der Waals surface area contributed by atoms with Crippen LogP contribution in [0.1, 0.15) is 22.4 Å². The van der Waals surface area contributed by atoms with Crippen LogP contribution in [-0.2, 0) is 17.9 Å². The number of aryl methyl sites for hydroxylation is 1. The molecule has 0 aliphatic rings. The van der Waals surface area contributed by atoms with Gasteiger partial charge in [-0.2, -0.15) is 0 Å². The number of rotatable bonds is 6. The van der Waals surface area contributed by atoms with Crippen molar-refractivity contribution in [1.82, 2.24) is 4.98 Å². The van der Waals surface area contributed by atoms with Gasteiger partial charge in [0.15, 0.2) is 0 Å². The van der Waals surface area contributed by atoms with Crippen LogP contribution in [0.5, 0.6) is 0 Å². The number of ether oxygens (including phenoxy) is 1. The fraction of sp³-hybridized carbons (Fsp3) is 0.357. The molecule has 0 bridgehead atoms. The smallest absolute Gasteiger partial charge is 0.0897 e. The van der Waals surface area contributed by atoms with Gasteiger partial charge in [-0.25, -0.2) is 4.98 Å². The summed E-state index contributed by atoms with van der Waals surface area (Å²) in [7, 11) is 0. The van der Waals surface area contributed by atoms with Gasteiger partial charge in [-0.3, -0.25) is 0 Å². The Balaban J connectivity index is 1.99. The lowest BCUT2D eigenvalue weighted by Crippen LogP contribution is -2.02. The predicted molar refractivity (Wildman–Crippen MR) is 75.9 cm³/mol. The predicted octanol–water partition coefficient (Wildman–Crippen LogP) is 3.60. The number of thiazole rings is 1. The molecule has 1 aromatic carbocycles. The molecule has 0 aliphatic heterocycles. The van der Waals surface area contributed by atoms with Crippen molar-refractivity contribution in [2.24, 2.45) is 0 Å². The van der Waals surface area contributed by atoms with E-state index in [1.807, 2.05) is 32.2 Å². The highest BCUT2D eigenvalue weighted by atomic mass is 32.1. The lowest BCUT2D eigenvalue weighted by Gasteiger charge is -2.11. The monoisotopic (exact) mass is 262 g/mol. The number of benzene rings is 1. The highest BCUT2D eigenvalue weighted by molar-refractivity contribution is 7.11. The lowest BCUT2D eigenvalue weighted by molar-refractivity contribution is 0.134. The van der Waals surface area contributed by atoms with Crippen molar-refractivity contribution in [2.75, 3.05) is 11.9 Å². The van der Waals surface area contributed by atoms with Gasteiger partial charge in [0.25, 0.3) is 0 Å². The first-order valence-electron chi connectivity index (χ1n) is 6.10. The Morgan fingerprint density at radius 1 is 1.33 bits per heavy atom. The van der Waals surface area contributed by atoms with Gasteiger partial charge in [-0.05, 0) is 19.9 Å². The quantitative estimate of drug-likeness (QED) is 0.863. The average Bonchev–Trinajstić information content (AvgIpc) is 2.81. The van der Waals surface area contributed by atoms with Crippen LogP contribution in [0.15, 0.2) is 30.5 Å². The van der Waals surface area contributed by atoms with E-state index in [9.17, 15) is 0 Å². The minimum atomic E-state index is 0.654. The molecule has 1 heterocycles. The number of para-hydroxylation sites is 1. The molecule has 0 radical (unpaired) electrons. The van der Waals surface area contributed by atoms with Crippen LogP contribution in [0.2, 0.25) is 0 Å². The molecule has 0 unspecified atom stereocenters. The minimum Gasteiger partial charge on any atom is -0.380 e. The molecule has 4 heteroatoms. The molecule has 3 nitrogen and oxygen atoms in total. The largest absolute Gasteiger partial charge is 0.380 e. The summed E-state index contributed by atoms with van der Waals surface area (Å²) in [6.45, 7) is 6.24. The van der Waals surface area contributed by atoms with Crippen molar-refractivity contribution in [2.45, 2.75) is 27.0 Å². The van der Waals surface area contributed by atoms with Crippen LogP contribution < -0.4 is 5.32 Å². The molecule has 0 fully saturated rings. The van der Waals surface area contributed by atoms with E-state index in [-0.39, 0.29) is 0 Å². The molecule has 0 spiro atoms. The molecule has 0 aliphatic carbocycles. The van der Waals surface area contributed by atoms with E-state index in [1.165, 1.54) is 10.4 Å². The third-order valence-corrected chi connectivity index (χ3v) is 3.51. The van der Waals surface area contributed by atoms with Crippen molar-refractivity contribution in [1.29, 1.82) is 0 Å². The van der Waals surface area contributed by atoms with E-state index >= 15 is 0 Å². The van der Waals surface area contributed by atoms with Gasteiger partial charge in [0, 0.05) is 28.9 Å². The van der Waals surface area contributed by atoms with E-state index in [1.54, 1.807) is 11.3 Å². The first kappa shape index (κ1) is 13.1. The normalized spacial score (nSPS) is 10.6. The fourth-order valence-electron chi connectivity index (χ4n) is 1.70. The van der Waals surface area contributed by atoms with E-state index in [2.05, 4.69) is 22.4 Å². The zero-order valence-corrected chi connectivity index (χ0v) is 11.6. The highest BCUT2D eigenvalue weighted by Crippen LogP contribution is 2.19. The molecule has 18 heavy (non-hydrogen) atoms. The van der Waals surface area contributed by atoms with Crippen molar-refractivity contribution >= 4 is 17.0 Å². The number of aromatic nitrogens is 1. The molecule has 1 aromatic heterocycles. The Morgan fingerprint density at radius 2 is 2.17 bits per heavy atom. The summed E-state index contributed by atoms with van der Waals surface area (Å²) in [6.07, 6.45) is 1.93. The van der Waals surface area contributed by atoms with E-state index in [0.29, 0.717) is 6.61 Å². The molecule has 2 aromatic rings. The molecular formula is C14H18N2OS. The number of anilines is 1. The SMILES string of the molecule is CCOCc1ccccc1NCc1cnc(C)s1. The van der Waals surface area contributed by atoms with Crippen LogP contribution in [0.3, 0.4) is 0 Å². The maximum Gasteiger partial charge on any atom is 0.0897 e. The van der Waals surface area contributed by atoms with Crippen molar-refractivity contribution in [3.8, 4) is 0 Å². The Hall–Kier alpha value is -1.39. The van der Waals surface area contributed by atoms with Gasteiger partial charge >= 0.3 is 0 Å². The molecule has 1 N–H and O–H groups in total. The molecular weight excluding hydrogens is 244 g/mol.